The molecule has 1 atom stereocenters. The number of carboxylic acids is 1. The van der Waals surface area contributed by atoms with E-state index in [2.05, 4.69) is 6.92 Å². The molecule has 0 aliphatic rings. The largest absolute Gasteiger partial charge is 0.480 e. The number of rotatable bonds is 10. The number of nitrogens with zero attached hydrogens (tertiary/aromatic N) is 1. The normalized spacial score (nSPS) is 12.5. The number of hydrogen-bond donors (Lipinski definition) is 1. The van der Waals surface area contributed by atoms with Crippen molar-refractivity contribution in [3.05, 3.63) is 0 Å². The average Bonchev–Trinajstić information content (AvgIpc) is 2.26. The minimum Gasteiger partial charge on any atom is -0.480 e. The first-order valence-electron chi connectivity index (χ1n) is 6.50. The highest BCUT2D eigenvalue weighted by Gasteiger charge is 2.25. The Balaban J connectivity index is 4.15. The molecule has 0 aromatic rings. The lowest BCUT2D eigenvalue weighted by molar-refractivity contribution is -0.147. The standard InChI is InChI=1S/C13H25NO3/c1-4-5-6-7-8-9-12(13(16)17)14(10-15)11(2)3/h10-12H,4-9H2,1-3H3,(H,16,17). The van der Waals surface area contributed by atoms with Gasteiger partial charge in [-0.05, 0) is 20.3 Å². The minimum atomic E-state index is -0.902. The molecule has 1 amide bonds. The van der Waals surface area contributed by atoms with Gasteiger partial charge < -0.3 is 10.0 Å². The Kier molecular flexibility index (Phi) is 8.46. The Morgan fingerprint density at radius 3 is 2.24 bits per heavy atom. The molecule has 4 nitrogen and oxygen atoms in total. The molecule has 100 valence electrons. The third kappa shape index (κ3) is 6.29. The van der Waals surface area contributed by atoms with Gasteiger partial charge in [0, 0.05) is 6.04 Å². The smallest absolute Gasteiger partial charge is 0.326 e. The number of carbonyl (C=O) groups excluding carboxylic acids is 1. The molecule has 0 radical (unpaired) electrons. The van der Waals surface area contributed by atoms with Crippen LogP contribution in [0.15, 0.2) is 0 Å². The van der Waals surface area contributed by atoms with E-state index in [1.54, 1.807) is 0 Å². The first kappa shape index (κ1) is 15.9. The van der Waals surface area contributed by atoms with Gasteiger partial charge in [0.05, 0.1) is 0 Å². The number of hydrogen-bond acceptors (Lipinski definition) is 2. The summed E-state index contributed by atoms with van der Waals surface area (Å²) in [5.41, 5.74) is 0. The lowest BCUT2D eigenvalue weighted by atomic mass is 10.0. The first-order chi connectivity index (χ1) is 8.04. The average molecular weight is 243 g/mol. The monoisotopic (exact) mass is 243 g/mol. The molecule has 0 heterocycles. The second kappa shape index (κ2) is 9.02. The minimum absolute atomic E-state index is 0.0655. The first-order valence-corrected chi connectivity index (χ1v) is 6.50. The Hall–Kier alpha value is -1.06. The predicted molar refractivity (Wildman–Crippen MR) is 67.8 cm³/mol. The van der Waals surface area contributed by atoms with Crippen molar-refractivity contribution in [2.75, 3.05) is 0 Å². The van der Waals surface area contributed by atoms with Gasteiger partial charge in [0.15, 0.2) is 0 Å². The summed E-state index contributed by atoms with van der Waals surface area (Å²) in [5.74, 6) is -0.902. The number of carbonyl (C=O) groups is 2. The predicted octanol–water partition coefficient (Wildman–Crippen LogP) is 2.67. The van der Waals surface area contributed by atoms with E-state index in [4.69, 9.17) is 5.11 Å². The summed E-state index contributed by atoms with van der Waals surface area (Å²) < 4.78 is 0. The molecule has 17 heavy (non-hydrogen) atoms. The highest BCUT2D eigenvalue weighted by molar-refractivity contribution is 5.76. The molecule has 0 aliphatic carbocycles. The zero-order chi connectivity index (χ0) is 13.3. The fourth-order valence-corrected chi connectivity index (χ4v) is 1.90. The van der Waals surface area contributed by atoms with Crippen molar-refractivity contribution in [2.24, 2.45) is 0 Å². The third-order valence-corrected chi connectivity index (χ3v) is 2.94. The van der Waals surface area contributed by atoms with Gasteiger partial charge in [-0.2, -0.15) is 0 Å². The molecule has 0 saturated heterocycles. The van der Waals surface area contributed by atoms with Gasteiger partial charge >= 0.3 is 5.97 Å². The van der Waals surface area contributed by atoms with E-state index in [1.165, 1.54) is 17.7 Å². The quantitative estimate of drug-likeness (QED) is 0.474. The summed E-state index contributed by atoms with van der Waals surface area (Å²) in [4.78, 5) is 23.4. The Labute approximate surface area is 104 Å². The number of unbranched alkanes of at least 4 members (excludes halogenated alkanes) is 4. The number of aliphatic carboxylic acids is 1. The SMILES string of the molecule is CCCCCCCC(C(=O)O)N(C=O)C(C)C. The molecular weight excluding hydrogens is 218 g/mol. The van der Waals surface area contributed by atoms with Crippen LogP contribution in [0.1, 0.15) is 59.3 Å². The highest BCUT2D eigenvalue weighted by Crippen LogP contribution is 2.13. The zero-order valence-corrected chi connectivity index (χ0v) is 11.2. The van der Waals surface area contributed by atoms with Crippen LogP contribution in [0, 0.1) is 0 Å². The molecule has 0 fully saturated rings. The van der Waals surface area contributed by atoms with Crippen molar-refractivity contribution in [3.63, 3.8) is 0 Å². The van der Waals surface area contributed by atoms with Crippen molar-refractivity contribution in [1.82, 2.24) is 4.90 Å². The van der Waals surface area contributed by atoms with Crippen molar-refractivity contribution in [3.8, 4) is 0 Å². The molecule has 1 unspecified atom stereocenters. The summed E-state index contributed by atoms with van der Waals surface area (Å²) in [5, 5.41) is 9.13. The van der Waals surface area contributed by atoms with Gasteiger partial charge in [0.2, 0.25) is 6.41 Å². The lowest BCUT2D eigenvalue weighted by Gasteiger charge is -2.28. The zero-order valence-electron chi connectivity index (χ0n) is 11.2. The second-order valence-corrected chi connectivity index (χ2v) is 4.70. The molecule has 0 saturated carbocycles. The van der Waals surface area contributed by atoms with Crippen LogP contribution in [0.25, 0.3) is 0 Å². The van der Waals surface area contributed by atoms with Crippen molar-refractivity contribution in [2.45, 2.75) is 71.4 Å². The summed E-state index contributed by atoms with van der Waals surface area (Å²) in [6, 6.07) is -0.738. The van der Waals surface area contributed by atoms with E-state index in [9.17, 15) is 9.59 Å². The van der Waals surface area contributed by atoms with E-state index < -0.39 is 12.0 Å². The van der Waals surface area contributed by atoms with Crippen LogP contribution >= 0.6 is 0 Å². The molecular formula is C13H25NO3. The molecule has 1 N–H and O–H groups in total. The van der Waals surface area contributed by atoms with Crippen LogP contribution in [0.5, 0.6) is 0 Å². The van der Waals surface area contributed by atoms with E-state index in [0.717, 1.165) is 19.3 Å². The second-order valence-electron chi connectivity index (χ2n) is 4.70. The van der Waals surface area contributed by atoms with Crippen LogP contribution in [-0.4, -0.2) is 34.5 Å². The topological polar surface area (TPSA) is 57.6 Å². The summed E-state index contributed by atoms with van der Waals surface area (Å²) in [7, 11) is 0. The third-order valence-electron chi connectivity index (χ3n) is 2.94. The van der Waals surface area contributed by atoms with Crippen LogP contribution in [0.3, 0.4) is 0 Å². The van der Waals surface area contributed by atoms with E-state index in [1.807, 2.05) is 13.8 Å². The van der Waals surface area contributed by atoms with E-state index in [-0.39, 0.29) is 6.04 Å². The van der Waals surface area contributed by atoms with Gasteiger partial charge in [-0.15, -0.1) is 0 Å². The van der Waals surface area contributed by atoms with Crippen molar-refractivity contribution in [1.29, 1.82) is 0 Å². The highest BCUT2D eigenvalue weighted by atomic mass is 16.4. The van der Waals surface area contributed by atoms with Gasteiger partial charge in [-0.1, -0.05) is 39.0 Å². The van der Waals surface area contributed by atoms with Crippen LogP contribution < -0.4 is 0 Å². The lowest BCUT2D eigenvalue weighted by Crippen LogP contribution is -2.44. The van der Waals surface area contributed by atoms with Gasteiger partial charge in [0.25, 0.3) is 0 Å². The van der Waals surface area contributed by atoms with Crippen LogP contribution in [0.2, 0.25) is 0 Å². The fraction of sp³-hybridized carbons (Fsp3) is 0.846. The van der Waals surface area contributed by atoms with Gasteiger partial charge in [-0.25, -0.2) is 4.79 Å². The number of amides is 1. The molecule has 0 aromatic carbocycles. The Bertz CT molecular complexity index is 229. The van der Waals surface area contributed by atoms with Crippen molar-refractivity contribution < 1.29 is 14.7 Å². The van der Waals surface area contributed by atoms with Crippen molar-refractivity contribution >= 4 is 12.4 Å². The number of carboxylic acid groups (broad SMARTS) is 1. The van der Waals surface area contributed by atoms with E-state index >= 15 is 0 Å². The summed E-state index contributed by atoms with van der Waals surface area (Å²) in [6.45, 7) is 5.82. The van der Waals surface area contributed by atoms with Crippen LogP contribution in [-0.2, 0) is 9.59 Å². The van der Waals surface area contributed by atoms with Gasteiger partial charge in [-0.3, -0.25) is 4.79 Å². The molecule has 0 aliphatic heterocycles. The maximum atomic E-state index is 11.1. The molecule has 0 bridgehead atoms. The Morgan fingerprint density at radius 1 is 1.24 bits per heavy atom. The molecule has 0 spiro atoms. The summed E-state index contributed by atoms with van der Waals surface area (Å²) >= 11 is 0. The Morgan fingerprint density at radius 2 is 1.82 bits per heavy atom. The fourth-order valence-electron chi connectivity index (χ4n) is 1.90. The maximum absolute atomic E-state index is 11.1. The maximum Gasteiger partial charge on any atom is 0.326 e. The van der Waals surface area contributed by atoms with E-state index in [0.29, 0.717) is 12.8 Å². The van der Waals surface area contributed by atoms with Crippen LogP contribution in [0.4, 0.5) is 0 Å². The molecule has 0 aromatic heterocycles. The summed E-state index contributed by atoms with van der Waals surface area (Å²) in [6.07, 6.45) is 6.63. The van der Waals surface area contributed by atoms with Gasteiger partial charge in [0.1, 0.15) is 6.04 Å². The molecule has 0 rings (SSSR count). The molecule has 4 heteroatoms.